The second-order valence-electron chi connectivity index (χ2n) is 4.12. The van der Waals surface area contributed by atoms with Crippen LogP contribution in [0.15, 0.2) is 29.3 Å². The minimum Gasteiger partial charge on any atom is -0.475 e. The smallest absolute Gasteiger partial charge is 0.216 e. The van der Waals surface area contributed by atoms with Crippen LogP contribution in [0, 0.1) is 0 Å². The van der Waals surface area contributed by atoms with Crippen molar-refractivity contribution in [2.75, 3.05) is 13.2 Å². The Labute approximate surface area is 95.8 Å². The SMILES string of the molecule is CC1COC(c2ccc(CCCO)cc2)=N1. The zero-order chi connectivity index (χ0) is 11.4. The number of aliphatic imine (C=N–C) groups is 1. The summed E-state index contributed by atoms with van der Waals surface area (Å²) in [5, 5.41) is 8.74. The third kappa shape index (κ3) is 2.61. The maximum absolute atomic E-state index is 8.74. The molecule has 1 unspecified atom stereocenters. The average Bonchev–Trinajstić information content (AvgIpc) is 2.74. The summed E-state index contributed by atoms with van der Waals surface area (Å²) in [6.07, 6.45) is 1.73. The molecule has 1 N–H and O–H groups in total. The van der Waals surface area contributed by atoms with Gasteiger partial charge in [-0.1, -0.05) is 12.1 Å². The van der Waals surface area contributed by atoms with Crippen LogP contribution >= 0.6 is 0 Å². The Morgan fingerprint density at radius 1 is 1.38 bits per heavy atom. The van der Waals surface area contributed by atoms with Crippen LogP contribution in [0.25, 0.3) is 0 Å². The second kappa shape index (κ2) is 5.12. The van der Waals surface area contributed by atoms with Crippen LogP contribution in [0.4, 0.5) is 0 Å². The van der Waals surface area contributed by atoms with Gasteiger partial charge in [-0.25, -0.2) is 4.99 Å². The van der Waals surface area contributed by atoms with E-state index in [0.29, 0.717) is 6.61 Å². The van der Waals surface area contributed by atoms with Crippen LogP contribution in [-0.2, 0) is 11.2 Å². The average molecular weight is 219 g/mol. The Morgan fingerprint density at radius 3 is 2.69 bits per heavy atom. The van der Waals surface area contributed by atoms with Gasteiger partial charge < -0.3 is 9.84 Å². The molecule has 0 aliphatic carbocycles. The van der Waals surface area contributed by atoms with E-state index in [0.717, 1.165) is 24.3 Å². The van der Waals surface area contributed by atoms with Gasteiger partial charge in [0.15, 0.2) is 0 Å². The minimum absolute atomic E-state index is 0.245. The third-order valence-corrected chi connectivity index (χ3v) is 2.62. The van der Waals surface area contributed by atoms with Crippen LogP contribution in [0.1, 0.15) is 24.5 Å². The zero-order valence-corrected chi connectivity index (χ0v) is 9.52. The molecule has 1 aliphatic heterocycles. The molecule has 3 nitrogen and oxygen atoms in total. The maximum Gasteiger partial charge on any atom is 0.216 e. The standard InChI is InChI=1S/C13H17NO2/c1-10-9-16-13(14-10)12-6-4-11(5-7-12)3-2-8-15/h4-7,10,15H,2-3,8-9H2,1H3. The molecule has 0 bridgehead atoms. The van der Waals surface area contributed by atoms with Crippen molar-refractivity contribution in [2.45, 2.75) is 25.8 Å². The molecule has 0 fully saturated rings. The number of benzene rings is 1. The van der Waals surface area contributed by atoms with Crippen molar-refractivity contribution >= 4 is 5.90 Å². The van der Waals surface area contributed by atoms with E-state index in [1.165, 1.54) is 5.56 Å². The summed E-state index contributed by atoms with van der Waals surface area (Å²) < 4.78 is 5.48. The number of ether oxygens (including phenoxy) is 1. The molecule has 1 atom stereocenters. The normalized spacial score (nSPS) is 19.4. The predicted octanol–water partition coefficient (Wildman–Crippen LogP) is 1.78. The number of hydrogen-bond acceptors (Lipinski definition) is 3. The van der Waals surface area contributed by atoms with E-state index in [4.69, 9.17) is 9.84 Å². The van der Waals surface area contributed by atoms with Gasteiger partial charge in [-0.05, 0) is 37.5 Å². The Hall–Kier alpha value is -1.35. The Balaban J connectivity index is 2.04. The van der Waals surface area contributed by atoms with Crippen LogP contribution in [-0.4, -0.2) is 30.3 Å². The summed E-state index contributed by atoms with van der Waals surface area (Å²) in [4.78, 5) is 4.40. The number of nitrogens with zero attached hydrogens (tertiary/aromatic N) is 1. The van der Waals surface area contributed by atoms with Gasteiger partial charge in [0.1, 0.15) is 6.61 Å². The van der Waals surface area contributed by atoms with E-state index >= 15 is 0 Å². The minimum atomic E-state index is 0.245. The molecule has 1 aliphatic rings. The Morgan fingerprint density at radius 2 is 2.12 bits per heavy atom. The number of aliphatic hydroxyl groups excluding tert-OH is 1. The van der Waals surface area contributed by atoms with E-state index in [2.05, 4.69) is 17.1 Å². The van der Waals surface area contributed by atoms with Gasteiger partial charge in [-0.3, -0.25) is 0 Å². The van der Waals surface area contributed by atoms with E-state index < -0.39 is 0 Å². The second-order valence-corrected chi connectivity index (χ2v) is 4.12. The van der Waals surface area contributed by atoms with Crippen LogP contribution in [0.3, 0.4) is 0 Å². The highest BCUT2D eigenvalue weighted by Gasteiger charge is 2.15. The monoisotopic (exact) mass is 219 g/mol. The quantitative estimate of drug-likeness (QED) is 0.838. The lowest BCUT2D eigenvalue weighted by atomic mass is 10.1. The molecule has 1 heterocycles. The van der Waals surface area contributed by atoms with Gasteiger partial charge in [0.05, 0.1) is 6.04 Å². The summed E-state index contributed by atoms with van der Waals surface area (Å²) in [7, 11) is 0. The fraction of sp³-hybridized carbons (Fsp3) is 0.462. The number of aryl methyl sites for hydroxylation is 1. The summed E-state index contributed by atoms with van der Waals surface area (Å²) >= 11 is 0. The molecule has 16 heavy (non-hydrogen) atoms. The predicted molar refractivity (Wildman–Crippen MR) is 63.8 cm³/mol. The number of rotatable bonds is 4. The van der Waals surface area contributed by atoms with E-state index in [9.17, 15) is 0 Å². The van der Waals surface area contributed by atoms with Crippen molar-refractivity contribution in [3.8, 4) is 0 Å². The van der Waals surface area contributed by atoms with Crippen molar-refractivity contribution in [3.63, 3.8) is 0 Å². The topological polar surface area (TPSA) is 41.8 Å². The third-order valence-electron chi connectivity index (χ3n) is 2.62. The molecule has 0 saturated carbocycles. The van der Waals surface area contributed by atoms with Crippen molar-refractivity contribution in [2.24, 2.45) is 4.99 Å². The molecule has 0 amide bonds. The number of hydrogen-bond donors (Lipinski definition) is 1. The summed E-state index contributed by atoms with van der Waals surface area (Å²) in [5.74, 6) is 0.751. The lowest BCUT2D eigenvalue weighted by Crippen LogP contribution is -2.02. The molecular formula is C13H17NO2. The summed E-state index contributed by atoms with van der Waals surface area (Å²) in [5.41, 5.74) is 2.28. The highest BCUT2D eigenvalue weighted by molar-refractivity contribution is 5.95. The molecule has 86 valence electrons. The zero-order valence-electron chi connectivity index (χ0n) is 9.52. The van der Waals surface area contributed by atoms with Crippen LogP contribution in [0.5, 0.6) is 0 Å². The molecular weight excluding hydrogens is 202 g/mol. The van der Waals surface area contributed by atoms with E-state index in [1.54, 1.807) is 0 Å². The lowest BCUT2D eigenvalue weighted by Gasteiger charge is -2.03. The van der Waals surface area contributed by atoms with Crippen molar-refractivity contribution in [1.29, 1.82) is 0 Å². The largest absolute Gasteiger partial charge is 0.475 e. The lowest BCUT2D eigenvalue weighted by molar-refractivity contribution is 0.288. The summed E-state index contributed by atoms with van der Waals surface area (Å²) in [6.45, 7) is 2.97. The molecule has 1 aromatic carbocycles. The molecule has 3 heteroatoms. The molecule has 2 rings (SSSR count). The first-order chi connectivity index (χ1) is 7.79. The summed E-state index contributed by atoms with van der Waals surface area (Å²) in [6, 6.07) is 8.47. The van der Waals surface area contributed by atoms with Crippen molar-refractivity contribution < 1.29 is 9.84 Å². The van der Waals surface area contributed by atoms with Crippen LogP contribution < -0.4 is 0 Å². The number of aliphatic hydroxyl groups is 1. The Kier molecular flexibility index (Phi) is 3.57. The van der Waals surface area contributed by atoms with Gasteiger partial charge in [0.25, 0.3) is 0 Å². The molecule has 0 radical (unpaired) electrons. The first-order valence-corrected chi connectivity index (χ1v) is 5.70. The van der Waals surface area contributed by atoms with E-state index in [-0.39, 0.29) is 12.6 Å². The maximum atomic E-state index is 8.74. The van der Waals surface area contributed by atoms with Gasteiger partial charge in [-0.2, -0.15) is 0 Å². The molecule has 0 spiro atoms. The van der Waals surface area contributed by atoms with Crippen molar-refractivity contribution in [3.05, 3.63) is 35.4 Å². The highest BCUT2D eigenvalue weighted by atomic mass is 16.5. The highest BCUT2D eigenvalue weighted by Crippen LogP contribution is 2.13. The molecule has 1 aromatic rings. The fourth-order valence-electron chi connectivity index (χ4n) is 1.73. The fourth-order valence-corrected chi connectivity index (χ4v) is 1.73. The molecule has 0 saturated heterocycles. The Bertz CT molecular complexity index is 370. The van der Waals surface area contributed by atoms with Crippen LogP contribution in [0.2, 0.25) is 0 Å². The van der Waals surface area contributed by atoms with Gasteiger partial charge in [0.2, 0.25) is 5.90 Å². The van der Waals surface area contributed by atoms with Gasteiger partial charge in [0, 0.05) is 12.2 Å². The van der Waals surface area contributed by atoms with Gasteiger partial charge >= 0.3 is 0 Å². The van der Waals surface area contributed by atoms with E-state index in [1.807, 2.05) is 19.1 Å². The first kappa shape index (κ1) is 11.1. The molecule has 0 aromatic heterocycles. The van der Waals surface area contributed by atoms with Gasteiger partial charge in [-0.15, -0.1) is 0 Å². The first-order valence-electron chi connectivity index (χ1n) is 5.70. The van der Waals surface area contributed by atoms with Crippen molar-refractivity contribution in [1.82, 2.24) is 0 Å².